The third-order valence-corrected chi connectivity index (χ3v) is 3.42. The molecule has 8 heteroatoms. The zero-order valence-electron chi connectivity index (χ0n) is 9.01. The maximum atomic E-state index is 11.6. The summed E-state index contributed by atoms with van der Waals surface area (Å²) in [6.45, 7) is 0.607. The molecule has 0 unspecified atom stereocenters. The van der Waals surface area contributed by atoms with Crippen LogP contribution >= 0.6 is 0 Å². The quantitative estimate of drug-likeness (QED) is 0.651. The van der Waals surface area contributed by atoms with Crippen LogP contribution in [0.5, 0.6) is 0 Å². The second-order valence-corrected chi connectivity index (χ2v) is 5.63. The van der Waals surface area contributed by atoms with Gasteiger partial charge in [0.2, 0.25) is 0 Å². The first-order chi connectivity index (χ1) is 7.27. The van der Waals surface area contributed by atoms with Crippen molar-refractivity contribution in [2.45, 2.75) is 13.1 Å². The zero-order valence-corrected chi connectivity index (χ0v) is 9.83. The van der Waals surface area contributed by atoms with Crippen molar-refractivity contribution in [2.24, 2.45) is 0 Å². The van der Waals surface area contributed by atoms with E-state index in [9.17, 15) is 21.6 Å². The minimum absolute atomic E-state index is 0.0111. The highest BCUT2D eigenvalue weighted by atomic mass is 32.2. The lowest BCUT2D eigenvalue weighted by Crippen LogP contribution is -2.28. The normalized spacial score (nSPS) is 13.0. The van der Waals surface area contributed by atoms with Crippen LogP contribution in [0.2, 0.25) is 0 Å². The van der Waals surface area contributed by atoms with Gasteiger partial charge in [0, 0.05) is 18.8 Å². The van der Waals surface area contributed by atoms with Gasteiger partial charge in [-0.15, -0.1) is 0 Å². The summed E-state index contributed by atoms with van der Waals surface area (Å²) in [6.07, 6.45) is -4.31. The monoisotopic (exact) mass is 263 g/mol. The summed E-state index contributed by atoms with van der Waals surface area (Å²) in [4.78, 5) is 0. The lowest BCUT2D eigenvalue weighted by molar-refractivity contribution is -0.173. The van der Waals surface area contributed by atoms with Crippen LogP contribution in [0.4, 0.5) is 13.2 Å². The maximum absolute atomic E-state index is 11.6. The predicted molar refractivity (Wildman–Crippen MR) is 54.1 cm³/mol. The number of hydrogen-bond acceptors (Lipinski definition) is 4. The Kier molecular flexibility index (Phi) is 6.93. The number of rotatable bonds is 8. The summed E-state index contributed by atoms with van der Waals surface area (Å²) in [5, 5.41) is 2.69. The molecule has 0 atom stereocenters. The molecule has 0 heterocycles. The second-order valence-electron chi connectivity index (χ2n) is 3.15. The second kappa shape index (κ2) is 7.08. The fourth-order valence-corrected chi connectivity index (χ4v) is 1.57. The Hall–Kier alpha value is -0.340. The van der Waals surface area contributed by atoms with Crippen LogP contribution in [0.3, 0.4) is 0 Å². The van der Waals surface area contributed by atoms with E-state index in [1.165, 1.54) is 0 Å². The van der Waals surface area contributed by atoms with Crippen LogP contribution in [-0.4, -0.2) is 52.4 Å². The van der Waals surface area contributed by atoms with Gasteiger partial charge in [-0.2, -0.15) is 13.2 Å². The van der Waals surface area contributed by atoms with Gasteiger partial charge in [-0.05, 0) is 0 Å². The number of nitrogens with one attached hydrogen (secondary N) is 1. The molecule has 1 N–H and O–H groups in total. The largest absolute Gasteiger partial charge is 0.411 e. The van der Waals surface area contributed by atoms with Gasteiger partial charge < -0.3 is 10.1 Å². The first kappa shape index (κ1) is 15.7. The lowest BCUT2D eigenvalue weighted by atomic mass is 10.6. The van der Waals surface area contributed by atoms with E-state index in [-0.39, 0.29) is 31.2 Å². The Morgan fingerprint density at radius 2 is 1.88 bits per heavy atom. The van der Waals surface area contributed by atoms with Gasteiger partial charge >= 0.3 is 6.18 Å². The molecule has 4 nitrogen and oxygen atoms in total. The minimum atomic E-state index is -4.31. The molecule has 0 fully saturated rings. The summed E-state index contributed by atoms with van der Waals surface area (Å²) in [5.41, 5.74) is 0. The summed E-state index contributed by atoms with van der Waals surface area (Å²) < 4.78 is 61.1. The Balaban J connectivity index is 3.36. The fraction of sp³-hybridized carbons (Fsp3) is 1.00. The van der Waals surface area contributed by atoms with Crippen molar-refractivity contribution in [2.75, 3.05) is 37.8 Å². The summed E-state index contributed by atoms with van der Waals surface area (Å²) >= 11 is 0. The van der Waals surface area contributed by atoms with Gasteiger partial charge in [-0.25, -0.2) is 8.42 Å². The van der Waals surface area contributed by atoms with Crippen LogP contribution in [0.25, 0.3) is 0 Å². The Morgan fingerprint density at radius 3 is 2.38 bits per heavy atom. The predicted octanol–water partition coefficient (Wildman–Crippen LogP) is 0.590. The highest BCUT2D eigenvalue weighted by Crippen LogP contribution is 2.13. The molecule has 0 saturated carbocycles. The van der Waals surface area contributed by atoms with Gasteiger partial charge in [0.15, 0.2) is 9.84 Å². The topological polar surface area (TPSA) is 55.4 Å². The number of hydrogen-bond donors (Lipinski definition) is 1. The summed E-state index contributed by atoms with van der Waals surface area (Å²) in [7, 11) is -3.02. The van der Waals surface area contributed by atoms with E-state index in [2.05, 4.69) is 10.1 Å². The SMILES string of the molecule is CCS(=O)(=O)CCNCCOCC(F)(F)F. The van der Waals surface area contributed by atoms with Gasteiger partial charge in [0.25, 0.3) is 0 Å². The first-order valence-electron chi connectivity index (χ1n) is 4.82. The molecular formula is C8H16F3NO3S. The Bertz CT molecular complexity index is 277. The molecule has 0 aliphatic rings. The zero-order chi connectivity index (χ0) is 12.7. The van der Waals surface area contributed by atoms with E-state index >= 15 is 0 Å². The van der Waals surface area contributed by atoms with Gasteiger partial charge in [-0.1, -0.05) is 6.92 Å². The van der Waals surface area contributed by atoms with E-state index < -0.39 is 22.6 Å². The number of ether oxygens (including phenoxy) is 1. The number of sulfone groups is 1. The van der Waals surface area contributed by atoms with E-state index in [1.54, 1.807) is 6.92 Å². The standard InChI is InChI=1S/C8H16F3NO3S/c1-2-16(13,14)6-4-12-3-5-15-7-8(9,10)11/h12H,2-7H2,1H3. The van der Waals surface area contributed by atoms with Crippen LogP contribution in [-0.2, 0) is 14.6 Å². The van der Waals surface area contributed by atoms with Crippen molar-refractivity contribution < 1.29 is 26.3 Å². The summed E-state index contributed by atoms with van der Waals surface area (Å²) in [5.74, 6) is 0.0576. The van der Waals surface area contributed by atoms with E-state index in [4.69, 9.17) is 0 Å². The third kappa shape index (κ3) is 10.2. The third-order valence-electron chi connectivity index (χ3n) is 1.72. The molecule has 16 heavy (non-hydrogen) atoms. The van der Waals surface area contributed by atoms with Gasteiger partial charge in [0.05, 0.1) is 12.4 Å². The lowest BCUT2D eigenvalue weighted by Gasteiger charge is -2.08. The fourth-order valence-electron chi connectivity index (χ4n) is 0.829. The smallest absolute Gasteiger partial charge is 0.371 e. The average molecular weight is 263 g/mol. The highest BCUT2D eigenvalue weighted by Gasteiger charge is 2.27. The molecule has 98 valence electrons. The molecule has 0 amide bonds. The van der Waals surface area contributed by atoms with Crippen LogP contribution < -0.4 is 5.32 Å². The van der Waals surface area contributed by atoms with E-state index in [1.807, 2.05) is 0 Å². The molecule has 0 saturated heterocycles. The number of halogens is 3. The average Bonchev–Trinajstić information content (AvgIpc) is 2.14. The highest BCUT2D eigenvalue weighted by molar-refractivity contribution is 7.91. The molecule has 0 bridgehead atoms. The first-order valence-corrected chi connectivity index (χ1v) is 6.64. The Labute approximate surface area is 93.1 Å². The maximum Gasteiger partial charge on any atom is 0.411 e. The van der Waals surface area contributed by atoms with Crippen molar-refractivity contribution in [3.8, 4) is 0 Å². The van der Waals surface area contributed by atoms with Crippen LogP contribution in [0.15, 0.2) is 0 Å². The van der Waals surface area contributed by atoms with Gasteiger partial charge in [0.1, 0.15) is 6.61 Å². The molecule has 0 aromatic heterocycles. The number of alkyl halides is 3. The van der Waals surface area contributed by atoms with E-state index in [0.717, 1.165) is 0 Å². The van der Waals surface area contributed by atoms with Crippen LogP contribution in [0.1, 0.15) is 6.92 Å². The van der Waals surface area contributed by atoms with Crippen molar-refractivity contribution in [1.29, 1.82) is 0 Å². The molecule has 0 radical (unpaired) electrons. The van der Waals surface area contributed by atoms with Crippen molar-refractivity contribution >= 4 is 9.84 Å². The van der Waals surface area contributed by atoms with Crippen LogP contribution in [0, 0.1) is 0 Å². The van der Waals surface area contributed by atoms with Crippen molar-refractivity contribution in [3.63, 3.8) is 0 Å². The molecule has 0 aromatic rings. The molecule has 0 rings (SSSR count). The molecular weight excluding hydrogens is 247 g/mol. The van der Waals surface area contributed by atoms with Gasteiger partial charge in [-0.3, -0.25) is 0 Å². The van der Waals surface area contributed by atoms with Crippen molar-refractivity contribution in [1.82, 2.24) is 5.32 Å². The summed E-state index contributed by atoms with van der Waals surface area (Å²) in [6, 6.07) is 0. The minimum Gasteiger partial charge on any atom is -0.371 e. The molecule has 0 aromatic carbocycles. The van der Waals surface area contributed by atoms with E-state index in [0.29, 0.717) is 0 Å². The molecule has 0 aliphatic heterocycles. The molecule has 0 aliphatic carbocycles. The van der Waals surface area contributed by atoms with Crippen molar-refractivity contribution in [3.05, 3.63) is 0 Å². The Morgan fingerprint density at radius 1 is 1.25 bits per heavy atom. The molecule has 0 spiro atoms.